The van der Waals surface area contributed by atoms with E-state index in [4.69, 9.17) is 0 Å². The number of benzene rings is 2. The summed E-state index contributed by atoms with van der Waals surface area (Å²) in [6, 6.07) is 20.5. The molecule has 158 valence electrons. The monoisotopic (exact) mass is 413 g/mol. The van der Waals surface area contributed by atoms with Gasteiger partial charge in [-0.15, -0.1) is 0 Å². The number of nitrogens with zero attached hydrogens (tertiary/aromatic N) is 1. The van der Waals surface area contributed by atoms with Gasteiger partial charge in [0, 0.05) is 30.3 Å². The maximum absolute atomic E-state index is 12.5. The highest BCUT2D eigenvalue weighted by Gasteiger charge is 2.31. The molecular formula is C25H35NO2S. The van der Waals surface area contributed by atoms with Gasteiger partial charge in [-0.2, -0.15) is 0 Å². The average Bonchev–Trinajstić information content (AvgIpc) is 2.61. The Balaban J connectivity index is 2.23. The highest BCUT2D eigenvalue weighted by Crippen LogP contribution is 2.28. The van der Waals surface area contributed by atoms with Crippen molar-refractivity contribution in [2.75, 3.05) is 0 Å². The fourth-order valence-corrected chi connectivity index (χ4v) is 4.62. The van der Waals surface area contributed by atoms with E-state index in [0.29, 0.717) is 0 Å². The van der Waals surface area contributed by atoms with Crippen LogP contribution in [0.1, 0.15) is 52.2 Å². The van der Waals surface area contributed by atoms with Crippen LogP contribution in [0.4, 0.5) is 0 Å². The van der Waals surface area contributed by atoms with Crippen LogP contribution in [0.2, 0.25) is 0 Å². The van der Waals surface area contributed by atoms with Crippen molar-refractivity contribution in [3.63, 3.8) is 0 Å². The Hall–Kier alpha value is -1.62. The molecule has 0 amide bonds. The van der Waals surface area contributed by atoms with Crippen LogP contribution >= 0.6 is 11.8 Å². The summed E-state index contributed by atoms with van der Waals surface area (Å²) in [7, 11) is 0. The van der Waals surface area contributed by atoms with Crippen molar-refractivity contribution in [1.82, 2.24) is 4.90 Å². The van der Waals surface area contributed by atoms with E-state index in [9.17, 15) is 9.90 Å². The van der Waals surface area contributed by atoms with Gasteiger partial charge in [-0.25, -0.2) is 0 Å². The molecule has 0 unspecified atom stereocenters. The zero-order valence-corrected chi connectivity index (χ0v) is 19.2. The van der Waals surface area contributed by atoms with Crippen LogP contribution in [-0.2, 0) is 17.9 Å². The quantitative estimate of drug-likeness (QED) is 0.587. The Morgan fingerprint density at radius 2 is 1.38 bits per heavy atom. The minimum Gasteiger partial charge on any atom is -0.391 e. The third kappa shape index (κ3) is 8.33. The molecule has 1 N–H and O–H groups in total. The molecule has 0 bridgehead atoms. The number of aliphatic hydroxyl groups excluding tert-OH is 1. The topological polar surface area (TPSA) is 40.5 Å². The lowest BCUT2D eigenvalue weighted by Crippen LogP contribution is -2.47. The number of rotatable bonds is 9. The second kappa shape index (κ2) is 11.0. The van der Waals surface area contributed by atoms with E-state index in [2.05, 4.69) is 43.0 Å². The number of carbonyl (C=O) groups is 1. The lowest BCUT2D eigenvalue weighted by Gasteiger charge is -2.38. The molecule has 2 aromatic rings. The van der Waals surface area contributed by atoms with Crippen LogP contribution < -0.4 is 0 Å². The second-order valence-corrected chi connectivity index (χ2v) is 10.9. The second-order valence-electron chi connectivity index (χ2n) is 8.97. The molecule has 0 aromatic heterocycles. The van der Waals surface area contributed by atoms with Gasteiger partial charge in [0.1, 0.15) is 0 Å². The maximum Gasteiger partial charge on any atom is 0.192 e. The predicted octanol–water partition coefficient (Wildman–Crippen LogP) is 5.52. The third-order valence-electron chi connectivity index (χ3n) is 4.75. The minimum absolute atomic E-state index is 0.0509. The van der Waals surface area contributed by atoms with Gasteiger partial charge >= 0.3 is 0 Å². The molecule has 0 saturated heterocycles. The molecule has 0 aliphatic heterocycles. The summed E-state index contributed by atoms with van der Waals surface area (Å²) < 4.78 is -0.141. The van der Waals surface area contributed by atoms with Crippen molar-refractivity contribution >= 4 is 16.9 Å². The molecule has 2 rings (SSSR count). The average molecular weight is 414 g/mol. The molecule has 2 aromatic carbocycles. The van der Waals surface area contributed by atoms with Crippen molar-refractivity contribution in [3.8, 4) is 0 Å². The molecule has 0 aliphatic rings. The fraction of sp³-hybridized carbons (Fsp3) is 0.480. The van der Waals surface area contributed by atoms with Gasteiger partial charge in [0.25, 0.3) is 0 Å². The standard InChI is InChI=1S/C25H35NO2S/c1-19(2)24(22(27)16-23(28)29-25(3,4)5)26(17-20-12-8-6-9-13-20)18-21-14-10-7-11-15-21/h6-15,19,22,24,27H,16-18H2,1-5H3/t22-,24+/m0/s1. The van der Waals surface area contributed by atoms with Gasteiger partial charge < -0.3 is 5.11 Å². The number of aliphatic hydroxyl groups is 1. The van der Waals surface area contributed by atoms with E-state index < -0.39 is 6.10 Å². The largest absolute Gasteiger partial charge is 0.391 e. The highest BCUT2D eigenvalue weighted by atomic mass is 32.2. The number of carbonyl (C=O) groups excluding carboxylic acids is 1. The summed E-state index contributed by atoms with van der Waals surface area (Å²) in [6.45, 7) is 11.8. The summed E-state index contributed by atoms with van der Waals surface area (Å²) >= 11 is 1.32. The van der Waals surface area contributed by atoms with Crippen LogP contribution in [0.5, 0.6) is 0 Å². The van der Waals surface area contributed by atoms with Crippen LogP contribution in [0.15, 0.2) is 60.7 Å². The fourth-order valence-electron chi connectivity index (χ4n) is 3.69. The first kappa shape index (κ1) is 23.7. The van der Waals surface area contributed by atoms with E-state index in [1.807, 2.05) is 57.2 Å². The smallest absolute Gasteiger partial charge is 0.192 e. The van der Waals surface area contributed by atoms with Gasteiger partial charge in [-0.3, -0.25) is 9.69 Å². The zero-order chi connectivity index (χ0) is 21.4. The molecule has 0 saturated carbocycles. The molecule has 4 heteroatoms. The van der Waals surface area contributed by atoms with Crippen LogP contribution in [0.25, 0.3) is 0 Å². The third-order valence-corrected chi connectivity index (χ3v) is 5.76. The summed E-state index contributed by atoms with van der Waals surface area (Å²) in [5, 5.41) is 11.1. The van der Waals surface area contributed by atoms with E-state index in [1.165, 1.54) is 22.9 Å². The lowest BCUT2D eigenvalue weighted by atomic mass is 9.93. The molecular weight excluding hydrogens is 378 g/mol. The summed E-state index contributed by atoms with van der Waals surface area (Å²) in [5.74, 6) is 0.213. The van der Waals surface area contributed by atoms with Crippen molar-refractivity contribution < 1.29 is 9.90 Å². The lowest BCUT2D eigenvalue weighted by molar-refractivity contribution is -0.114. The minimum atomic E-state index is -0.704. The van der Waals surface area contributed by atoms with E-state index in [1.54, 1.807) is 0 Å². The van der Waals surface area contributed by atoms with Gasteiger partial charge in [-0.1, -0.05) is 107 Å². The Bertz CT molecular complexity index is 699. The molecule has 0 fully saturated rings. The highest BCUT2D eigenvalue weighted by molar-refractivity contribution is 8.14. The summed E-state index contributed by atoms with van der Waals surface area (Å²) in [5.41, 5.74) is 2.41. The molecule has 0 aliphatic carbocycles. The Morgan fingerprint density at radius 1 is 0.931 bits per heavy atom. The normalized spacial score (nSPS) is 14.2. The van der Waals surface area contributed by atoms with E-state index in [0.717, 1.165) is 13.1 Å². The molecule has 0 heterocycles. The SMILES string of the molecule is CC(C)[C@H]([C@@H](O)CC(=O)SC(C)(C)C)N(Cc1ccccc1)Cc1ccccc1. The van der Waals surface area contributed by atoms with Crippen LogP contribution in [-0.4, -0.2) is 32.0 Å². The molecule has 0 spiro atoms. The Labute approximate surface area is 180 Å². The Morgan fingerprint density at radius 3 is 1.76 bits per heavy atom. The number of hydrogen-bond donors (Lipinski definition) is 1. The van der Waals surface area contributed by atoms with Crippen molar-refractivity contribution in [2.45, 2.75) is 71.0 Å². The van der Waals surface area contributed by atoms with Gasteiger partial charge in [0.05, 0.1) is 6.10 Å². The predicted molar refractivity (Wildman–Crippen MR) is 124 cm³/mol. The van der Waals surface area contributed by atoms with Crippen molar-refractivity contribution in [3.05, 3.63) is 71.8 Å². The van der Waals surface area contributed by atoms with Gasteiger partial charge in [0.15, 0.2) is 5.12 Å². The molecule has 3 nitrogen and oxygen atoms in total. The van der Waals surface area contributed by atoms with Crippen LogP contribution in [0, 0.1) is 5.92 Å². The van der Waals surface area contributed by atoms with Gasteiger partial charge in [-0.05, 0) is 17.0 Å². The number of hydrogen-bond acceptors (Lipinski definition) is 4. The van der Waals surface area contributed by atoms with Crippen molar-refractivity contribution in [1.29, 1.82) is 0 Å². The van der Waals surface area contributed by atoms with Crippen molar-refractivity contribution in [2.24, 2.45) is 5.92 Å². The van der Waals surface area contributed by atoms with E-state index >= 15 is 0 Å². The summed E-state index contributed by atoms with van der Waals surface area (Å²) in [4.78, 5) is 14.8. The first-order chi connectivity index (χ1) is 13.7. The number of thioether (sulfide) groups is 1. The zero-order valence-electron chi connectivity index (χ0n) is 18.3. The first-order valence-electron chi connectivity index (χ1n) is 10.4. The van der Waals surface area contributed by atoms with Crippen LogP contribution in [0.3, 0.4) is 0 Å². The first-order valence-corrected chi connectivity index (χ1v) is 11.2. The van der Waals surface area contributed by atoms with Gasteiger partial charge in [0.2, 0.25) is 0 Å². The van der Waals surface area contributed by atoms with E-state index in [-0.39, 0.29) is 28.2 Å². The molecule has 29 heavy (non-hydrogen) atoms. The Kier molecular flexibility index (Phi) is 8.94. The maximum atomic E-state index is 12.5. The summed E-state index contributed by atoms with van der Waals surface area (Å²) in [6.07, 6.45) is -0.532. The molecule has 0 radical (unpaired) electrons. The molecule has 2 atom stereocenters.